The van der Waals surface area contributed by atoms with Crippen LogP contribution in [-0.4, -0.2) is 30.4 Å². The fourth-order valence-corrected chi connectivity index (χ4v) is 1.94. The fraction of sp³-hybridized carbons (Fsp3) is 0.462. The van der Waals surface area contributed by atoms with Crippen molar-refractivity contribution in [3.63, 3.8) is 0 Å². The zero-order valence-corrected chi connectivity index (χ0v) is 11.1. The van der Waals surface area contributed by atoms with Gasteiger partial charge < -0.3 is 9.64 Å². The first-order chi connectivity index (χ1) is 9.96. The van der Waals surface area contributed by atoms with Gasteiger partial charge in [0.2, 0.25) is 5.75 Å². The number of halogens is 3. The summed E-state index contributed by atoms with van der Waals surface area (Å²) in [5.74, 6) is -0.892. The maximum atomic E-state index is 12.2. The van der Waals surface area contributed by atoms with Gasteiger partial charge in [0.05, 0.1) is 0 Å². The van der Waals surface area contributed by atoms with Crippen molar-refractivity contribution < 1.29 is 32.5 Å². The molecule has 1 aromatic carbocycles. The number of hydrogen-bond acceptors (Lipinski definition) is 4. The predicted molar refractivity (Wildman–Crippen MR) is 65.7 cm³/mol. The first kappa shape index (κ1) is 15.3. The molecular formula is C13H14F3NO4. The molecule has 2 rings (SSSR count). The Hall–Kier alpha value is -2.12. The summed E-state index contributed by atoms with van der Waals surface area (Å²) in [7, 11) is 0. The Labute approximate surface area is 119 Å². The van der Waals surface area contributed by atoms with Crippen LogP contribution < -0.4 is 9.62 Å². The number of carbonyl (C=O) groups excluding carboxylic acids is 1. The van der Waals surface area contributed by atoms with Crippen molar-refractivity contribution in [1.82, 2.24) is 4.90 Å². The Bertz CT molecular complexity index is 487. The molecule has 1 fully saturated rings. The Morgan fingerprint density at radius 3 is 2.29 bits per heavy atom. The van der Waals surface area contributed by atoms with Crippen LogP contribution >= 0.6 is 0 Å². The number of carbonyl (C=O) groups is 1. The topological polar surface area (TPSA) is 48.0 Å². The number of amides is 1. The van der Waals surface area contributed by atoms with Crippen molar-refractivity contribution in [1.29, 1.82) is 0 Å². The van der Waals surface area contributed by atoms with Crippen molar-refractivity contribution in [3.8, 4) is 11.5 Å². The highest BCUT2D eigenvalue weighted by Crippen LogP contribution is 2.32. The van der Waals surface area contributed by atoms with E-state index in [1.54, 1.807) is 0 Å². The molecule has 116 valence electrons. The molecule has 21 heavy (non-hydrogen) atoms. The largest absolute Gasteiger partial charge is 0.573 e. The average molecular weight is 305 g/mol. The number of alkyl halides is 3. The molecule has 0 bridgehead atoms. The van der Waals surface area contributed by atoms with Crippen molar-refractivity contribution in [2.75, 3.05) is 13.1 Å². The molecule has 0 spiro atoms. The lowest BCUT2D eigenvalue weighted by Crippen LogP contribution is -2.36. The van der Waals surface area contributed by atoms with Crippen LogP contribution in [0.25, 0.3) is 0 Å². The second-order valence-electron chi connectivity index (χ2n) is 4.47. The third kappa shape index (κ3) is 4.73. The monoisotopic (exact) mass is 305 g/mol. The van der Waals surface area contributed by atoms with Gasteiger partial charge in [0, 0.05) is 13.1 Å². The second kappa shape index (κ2) is 6.55. The Kier molecular flexibility index (Phi) is 4.77. The van der Waals surface area contributed by atoms with E-state index in [0.29, 0.717) is 13.1 Å². The minimum absolute atomic E-state index is 0.319. The third-order valence-electron chi connectivity index (χ3n) is 2.89. The van der Waals surface area contributed by atoms with Crippen LogP contribution in [-0.2, 0) is 4.89 Å². The molecule has 1 aliphatic heterocycles. The molecule has 1 heterocycles. The van der Waals surface area contributed by atoms with E-state index in [2.05, 4.69) is 14.5 Å². The maximum absolute atomic E-state index is 12.2. The minimum atomic E-state index is -4.85. The Morgan fingerprint density at radius 1 is 1.05 bits per heavy atom. The zero-order valence-electron chi connectivity index (χ0n) is 11.1. The number of para-hydroxylation sites is 2. The van der Waals surface area contributed by atoms with Gasteiger partial charge in [-0.3, -0.25) is 4.89 Å². The van der Waals surface area contributed by atoms with Crippen LogP contribution in [0.3, 0.4) is 0 Å². The number of hydrogen-bond donors (Lipinski definition) is 0. The molecule has 0 saturated carbocycles. The quantitative estimate of drug-likeness (QED) is 0.633. The van der Waals surface area contributed by atoms with Gasteiger partial charge in [-0.2, -0.15) is 0 Å². The molecular weight excluding hydrogens is 291 g/mol. The van der Waals surface area contributed by atoms with Crippen LogP contribution in [0.15, 0.2) is 24.3 Å². The van der Waals surface area contributed by atoms with Gasteiger partial charge in [-0.05, 0) is 31.4 Å². The summed E-state index contributed by atoms with van der Waals surface area (Å²) in [6.45, 7) is 1.09. The molecule has 5 nitrogen and oxygen atoms in total. The molecule has 8 heteroatoms. The highest BCUT2D eigenvalue weighted by molar-refractivity contribution is 5.67. The molecule has 0 atom stereocenters. The van der Waals surface area contributed by atoms with E-state index >= 15 is 0 Å². The van der Waals surface area contributed by atoms with Crippen LogP contribution in [0.2, 0.25) is 0 Å². The van der Waals surface area contributed by atoms with Crippen LogP contribution in [0, 0.1) is 0 Å². The SMILES string of the molecule is O=C(OOc1ccccc1OC(F)(F)F)N1CCCCC1. The summed E-state index contributed by atoms with van der Waals surface area (Å²) >= 11 is 0. The molecule has 0 N–H and O–H groups in total. The van der Waals surface area contributed by atoms with Crippen LogP contribution in [0.4, 0.5) is 18.0 Å². The van der Waals surface area contributed by atoms with Gasteiger partial charge in [0.1, 0.15) is 0 Å². The first-order valence-electron chi connectivity index (χ1n) is 6.44. The highest BCUT2D eigenvalue weighted by atomic mass is 19.4. The number of rotatable bonds is 3. The number of ether oxygens (including phenoxy) is 1. The van der Waals surface area contributed by atoms with Gasteiger partial charge in [-0.15, -0.1) is 13.2 Å². The standard InChI is InChI=1S/C13H14F3NO4/c14-13(15,16)19-10-6-2-3-7-11(10)20-21-12(18)17-8-4-1-5-9-17/h2-3,6-7H,1,4-5,8-9H2. The number of piperidine rings is 1. The molecule has 1 amide bonds. The summed E-state index contributed by atoms with van der Waals surface area (Å²) in [5, 5.41) is 0. The molecule has 1 aliphatic rings. The van der Waals surface area contributed by atoms with Gasteiger partial charge in [-0.25, -0.2) is 9.68 Å². The van der Waals surface area contributed by atoms with E-state index < -0.39 is 18.2 Å². The summed E-state index contributed by atoms with van der Waals surface area (Å²) < 4.78 is 40.4. The lowest BCUT2D eigenvalue weighted by Gasteiger charge is -2.24. The van der Waals surface area contributed by atoms with Crippen molar-refractivity contribution in [2.24, 2.45) is 0 Å². The van der Waals surface area contributed by atoms with E-state index in [1.165, 1.54) is 23.1 Å². The van der Waals surface area contributed by atoms with E-state index in [1.807, 2.05) is 0 Å². The maximum Gasteiger partial charge on any atom is 0.573 e. The van der Waals surface area contributed by atoms with E-state index in [9.17, 15) is 18.0 Å². The number of likely N-dealkylation sites (tertiary alicyclic amines) is 1. The summed E-state index contributed by atoms with van der Waals surface area (Å²) in [6, 6.07) is 5.07. The molecule has 0 radical (unpaired) electrons. The second-order valence-corrected chi connectivity index (χ2v) is 4.47. The average Bonchev–Trinajstić information content (AvgIpc) is 2.45. The summed E-state index contributed by atoms with van der Waals surface area (Å²) in [4.78, 5) is 22.4. The fourth-order valence-electron chi connectivity index (χ4n) is 1.94. The van der Waals surface area contributed by atoms with E-state index in [4.69, 9.17) is 0 Å². The molecule has 0 unspecified atom stereocenters. The predicted octanol–water partition coefficient (Wildman–Crippen LogP) is 3.50. The first-order valence-corrected chi connectivity index (χ1v) is 6.44. The van der Waals surface area contributed by atoms with Crippen molar-refractivity contribution in [2.45, 2.75) is 25.6 Å². The van der Waals surface area contributed by atoms with Gasteiger partial charge >= 0.3 is 12.5 Å². The lowest BCUT2D eigenvalue weighted by atomic mass is 10.1. The van der Waals surface area contributed by atoms with E-state index in [0.717, 1.165) is 25.3 Å². The third-order valence-corrected chi connectivity index (χ3v) is 2.89. The van der Waals surface area contributed by atoms with E-state index in [-0.39, 0.29) is 5.75 Å². The Morgan fingerprint density at radius 2 is 1.67 bits per heavy atom. The minimum Gasteiger partial charge on any atom is -0.402 e. The summed E-state index contributed by atoms with van der Waals surface area (Å²) in [5.41, 5.74) is 0. The summed E-state index contributed by atoms with van der Waals surface area (Å²) in [6.07, 6.45) is -2.81. The van der Waals surface area contributed by atoms with Gasteiger partial charge in [0.15, 0.2) is 5.75 Å². The lowest BCUT2D eigenvalue weighted by molar-refractivity contribution is -0.276. The normalized spacial score (nSPS) is 15.5. The van der Waals surface area contributed by atoms with Gasteiger partial charge in [0.25, 0.3) is 0 Å². The molecule has 0 aliphatic carbocycles. The smallest absolute Gasteiger partial charge is 0.402 e. The molecule has 1 aromatic rings. The Balaban J connectivity index is 1.94. The highest BCUT2D eigenvalue weighted by Gasteiger charge is 2.32. The van der Waals surface area contributed by atoms with Crippen molar-refractivity contribution >= 4 is 6.09 Å². The molecule has 1 saturated heterocycles. The van der Waals surface area contributed by atoms with Crippen molar-refractivity contribution in [3.05, 3.63) is 24.3 Å². The van der Waals surface area contributed by atoms with Crippen LogP contribution in [0.1, 0.15) is 19.3 Å². The van der Waals surface area contributed by atoms with Gasteiger partial charge in [-0.1, -0.05) is 12.1 Å². The zero-order chi connectivity index (χ0) is 15.3. The number of benzene rings is 1. The van der Waals surface area contributed by atoms with Crippen LogP contribution in [0.5, 0.6) is 11.5 Å². The number of nitrogens with zero attached hydrogens (tertiary/aromatic N) is 1. The molecule has 0 aromatic heterocycles.